The van der Waals surface area contributed by atoms with E-state index in [1.807, 2.05) is 0 Å². The summed E-state index contributed by atoms with van der Waals surface area (Å²) in [5, 5.41) is 9.72. The van der Waals surface area contributed by atoms with Gasteiger partial charge < -0.3 is 15.6 Å². The number of rotatable bonds is 4. The van der Waals surface area contributed by atoms with Gasteiger partial charge in [-0.15, -0.1) is 0 Å². The van der Waals surface area contributed by atoms with Gasteiger partial charge >= 0.3 is 5.97 Å². The largest absolute Gasteiger partial charge is 0.481 e. The lowest BCUT2D eigenvalue weighted by Gasteiger charge is -2.23. The molecule has 17 heavy (non-hydrogen) atoms. The molecular weight excluding hydrogens is 242 g/mol. The molecule has 1 aliphatic rings. The van der Waals surface area contributed by atoms with Crippen molar-refractivity contribution in [1.82, 2.24) is 0 Å². The summed E-state index contributed by atoms with van der Waals surface area (Å²) in [5.74, 6) is -0.821. The number of methoxy groups -OCH3 is 1. The van der Waals surface area contributed by atoms with E-state index in [4.69, 9.17) is 22.1 Å². The molecule has 1 aliphatic carbocycles. The van der Waals surface area contributed by atoms with Crippen molar-refractivity contribution < 1.29 is 14.6 Å². The van der Waals surface area contributed by atoms with Gasteiger partial charge in [-0.25, -0.2) is 0 Å². The molecule has 0 bridgehead atoms. The maximum Gasteiger partial charge on any atom is 0.312 e. The zero-order chi connectivity index (χ0) is 12.6. The number of nitrogens with two attached hydrogens (primary N) is 1. The van der Waals surface area contributed by atoms with Crippen LogP contribution >= 0.6 is 11.6 Å². The first kappa shape index (κ1) is 12.2. The summed E-state index contributed by atoms with van der Waals surface area (Å²) in [6.45, 7) is 0. The van der Waals surface area contributed by atoms with Crippen LogP contribution in [-0.2, 0) is 9.53 Å². The van der Waals surface area contributed by atoms with Gasteiger partial charge in [0.2, 0.25) is 0 Å². The third-order valence-corrected chi connectivity index (χ3v) is 3.62. The van der Waals surface area contributed by atoms with Crippen LogP contribution in [-0.4, -0.2) is 18.2 Å². The Morgan fingerprint density at radius 2 is 2.24 bits per heavy atom. The second-order valence-corrected chi connectivity index (χ2v) is 4.77. The van der Waals surface area contributed by atoms with Gasteiger partial charge in [0.1, 0.15) is 0 Å². The van der Waals surface area contributed by atoms with Crippen molar-refractivity contribution in [2.45, 2.75) is 18.9 Å². The topological polar surface area (TPSA) is 72.5 Å². The maximum atomic E-state index is 11.3. The molecule has 3 N–H and O–H groups in total. The van der Waals surface area contributed by atoms with Crippen LogP contribution in [0.2, 0.25) is 5.02 Å². The molecule has 5 heteroatoms. The molecule has 1 saturated carbocycles. The number of anilines is 1. The highest BCUT2D eigenvalue weighted by Crippen LogP contribution is 2.56. The lowest BCUT2D eigenvalue weighted by Crippen LogP contribution is -2.25. The molecule has 1 unspecified atom stereocenters. The third kappa shape index (κ3) is 1.98. The average Bonchev–Trinajstić information content (AvgIpc) is 3.06. The second-order valence-electron chi connectivity index (χ2n) is 4.36. The molecular formula is C12H14ClNO3. The van der Waals surface area contributed by atoms with Crippen molar-refractivity contribution in [2.24, 2.45) is 5.41 Å². The fraction of sp³-hybridized carbons (Fsp3) is 0.417. The van der Waals surface area contributed by atoms with E-state index in [1.54, 1.807) is 18.2 Å². The molecule has 0 aliphatic heterocycles. The predicted octanol–water partition coefficient (Wildman–Crippen LogP) is 2.47. The molecule has 92 valence electrons. The first-order chi connectivity index (χ1) is 8.01. The minimum absolute atomic E-state index is 0.437. The van der Waals surface area contributed by atoms with Gasteiger partial charge in [0, 0.05) is 7.11 Å². The number of hydrogen-bond acceptors (Lipinski definition) is 3. The zero-order valence-electron chi connectivity index (χ0n) is 9.44. The van der Waals surface area contributed by atoms with Crippen LogP contribution in [0.15, 0.2) is 18.2 Å². The molecule has 4 nitrogen and oxygen atoms in total. The van der Waals surface area contributed by atoms with Crippen LogP contribution in [0.4, 0.5) is 5.69 Å². The Morgan fingerprint density at radius 3 is 2.65 bits per heavy atom. The summed E-state index contributed by atoms with van der Waals surface area (Å²) in [7, 11) is 1.51. The van der Waals surface area contributed by atoms with Crippen LogP contribution in [0, 0.1) is 5.41 Å². The molecule has 1 fully saturated rings. The van der Waals surface area contributed by atoms with Crippen molar-refractivity contribution in [1.29, 1.82) is 0 Å². The number of benzene rings is 1. The van der Waals surface area contributed by atoms with Crippen LogP contribution in [0.25, 0.3) is 0 Å². The first-order valence-electron chi connectivity index (χ1n) is 5.32. The fourth-order valence-electron chi connectivity index (χ4n) is 2.13. The quantitative estimate of drug-likeness (QED) is 0.811. The van der Waals surface area contributed by atoms with Crippen LogP contribution in [0.5, 0.6) is 0 Å². The number of halogens is 1. The number of ether oxygens (including phenoxy) is 1. The Kier molecular flexibility index (Phi) is 3.02. The van der Waals surface area contributed by atoms with Crippen LogP contribution in [0.3, 0.4) is 0 Å². The van der Waals surface area contributed by atoms with Crippen LogP contribution < -0.4 is 5.73 Å². The van der Waals surface area contributed by atoms with Gasteiger partial charge in [-0.3, -0.25) is 4.79 Å². The van der Waals surface area contributed by atoms with Gasteiger partial charge in [-0.2, -0.15) is 0 Å². The maximum absolute atomic E-state index is 11.3. The lowest BCUT2D eigenvalue weighted by atomic mass is 9.92. The van der Waals surface area contributed by atoms with E-state index in [9.17, 15) is 9.90 Å². The van der Waals surface area contributed by atoms with E-state index in [0.717, 1.165) is 5.56 Å². The van der Waals surface area contributed by atoms with E-state index < -0.39 is 17.5 Å². The van der Waals surface area contributed by atoms with E-state index in [2.05, 4.69) is 0 Å². The fourth-order valence-corrected chi connectivity index (χ4v) is 2.25. The van der Waals surface area contributed by atoms with Crippen molar-refractivity contribution in [3.8, 4) is 0 Å². The van der Waals surface area contributed by atoms with Gasteiger partial charge in [0.05, 0.1) is 22.2 Å². The molecule has 0 radical (unpaired) electrons. The standard InChI is InChI=1S/C12H14ClNO3/c1-17-10(12(4-5-12)11(15)16)7-2-3-8(13)9(14)6-7/h2-3,6,10H,4-5,14H2,1H3,(H,15,16). The smallest absolute Gasteiger partial charge is 0.312 e. The first-order valence-corrected chi connectivity index (χ1v) is 5.70. The Hall–Kier alpha value is -1.26. The van der Waals surface area contributed by atoms with E-state index >= 15 is 0 Å². The predicted molar refractivity (Wildman–Crippen MR) is 64.9 cm³/mol. The summed E-state index contributed by atoms with van der Waals surface area (Å²) in [6, 6.07) is 5.10. The monoisotopic (exact) mass is 255 g/mol. The molecule has 0 amide bonds. The van der Waals surface area contributed by atoms with Gasteiger partial charge in [-0.1, -0.05) is 17.7 Å². The van der Waals surface area contributed by atoms with Crippen LogP contribution in [0.1, 0.15) is 24.5 Å². The van der Waals surface area contributed by atoms with Gasteiger partial charge in [0.15, 0.2) is 0 Å². The number of hydrogen-bond donors (Lipinski definition) is 2. The molecule has 1 atom stereocenters. The molecule has 2 rings (SSSR count). The van der Waals surface area contributed by atoms with E-state index in [1.165, 1.54) is 7.11 Å². The Bertz CT molecular complexity index is 457. The minimum atomic E-state index is -0.821. The highest BCUT2D eigenvalue weighted by molar-refractivity contribution is 6.33. The summed E-state index contributed by atoms with van der Waals surface area (Å²) >= 11 is 5.84. The number of carboxylic acid groups (broad SMARTS) is 1. The summed E-state index contributed by atoms with van der Waals surface area (Å²) < 4.78 is 5.34. The molecule has 0 spiro atoms. The number of nitrogen functional groups attached to an aromatic ring is 1. The van der Waals surface area contributed by atoms with Crippen molar-refractivity contribution in [2.75, 3.05) is 12.8 Å². The molecule has 0 heterocycles. The van der Waals surface area contributed by atoms with Crippen molar-refractivity contribution in [3.05, 3.63) is 28.8 Å². The Balaban J connectivity index is 2.36. The third-order valence-electron chi connectivity index (χ3n) is 3.27. The van der Waals surface area contributed by atoms with Crippen molar-refractivity contribution >= 4 is 23.3 Å². The molecule has 1 aromatic carbocycles. The Labute approximate surface area is 104 Å². The summed E-state index contributed by atoms with van der Waals surface area (Å²) in [6.07, 6.45) is 0.784. The summed E-state index contributed by atoms with van der Waals surface area (Å²) in [4.78, 5) is 11.3. The minimum Gasteiger partial charge on any atom is -0.481 e. The van der Waals surface area contributed by atoms with E-state index in [-0.39, 0.29) is 0 Å². The normalized spacial score (nSPS) is 18.7. The average molecular weight is 256 g/mol. The molecule has 1 aromatic rings. The lowest BCUT2D eigenvalue weighted by molar-refractivity contribution is -0.149. The van der Waals surface area contributed by atoms with Gasteiger partial charge in [-0.05, 0) is 30.5 Å². The highest BCUT2D eigenvalue weighted by Gasteiger charge is 2.57. The summed E-state index contributed by atoms with van der Waals surface area (Å²) in [5.41, 5.74) is 6.12. The number of aliphatic carboxylic acids is 1. The molecule has 0 aromatic heterocycles. The Morgan fingerprint density at radius 1 is 1.59 bits per heavy atom. The second kappa shape index (κ2) is 4.20. The molecule has 0 saturated heterocycles. The van der Waals surface area contributed by atoms with Gasteiger partial charge in [0.25, 0.3) is 0 Å². The number of carbonyl (C=O) groups is 1. The number of carboxylic acids is 1. The highest BCUT2D eigenvalue weighted by atomic mass is 35.5. The zero-order valence-corrected chi connectivity index (χ0v) is 10.2. The van der Waals surface area contributed by atoms with E-state index in [0.29, 0.717) is 23.6 Å². The van der Waals surface area contributed by atoms with Crippen molar-refractivity contribution in [3.63, 3.8) is 0 Å². The SMILES string of the molecule is COC(c1ccc(Cl)c(N)c1)C1(C(=O)O)CC1.